The molecule has 3 saturated heterocycles. The Morgan fingerprint density at radius 3 is 2.00 bits per heavy atom. The number of hydrogen-bond donors (Lipinski definition) is 0. The van der Waals surface area contributed by atoms with Crippen molar-refractivity contribution in [1.82, 2.24) is 0 Å². The standard InChI is InChI=1S/C5H9OP/c1-4-2-7-3-5(1)6-4/h4-5,7H,1-3H2. The van der Waals surface area contributed by atoms with E-state index in [1.807, 2.05) is 0 Å². The van der Waals surface area contributed by atoms with E-state index in [0.717, 1.165) is 0 Å². The first-order valence-corrected chi connectivity index (χ1v) is 4.23. The summed E-state index contributed by atoms with van der Waals surface area (Å²) in [6.45, 7) is 0. The van der Waals surface area contributed by atoms with E-state index in [0.29, 0.717) is 12.2 Å². The van der Waals surface area contributed by atoms with Gasteiger partial charge in [0.15, 0.2) is 0 Å². The third kappa shape index (κ3) is 0.595. The molecule has 3 heterocycles. The van der Waals surface area contributed by atoms with Gasteiger partial charge in [0.25, 0.3) is 0 Å². The van der Waals surface area contributed by atoms with Crippen molar-refractivity contribution in [3.63, 3.8) is 0 Å². The summed E-state index contributed by atoms with van der Waals surface area (Å²) in [6.07, 6.45) is 5.47. The second-order valence-electron chi connectivity index (χ2n) is 2.27. The Balaban J connectivity index is 1.99. The monoisotopic (exact) mass is 116 g/mol. The molecule has 2 heteroatoms. The van der Waals surface area contributed by atoms with Gasteiger partial charge in [0.1, 0.15) is 0 Å². The predicted octanol–water partition coefficient (Wildman–Crippen LogP) is 0.836. The summed E-state index contributed by atoms with van der Waals surface area (Å²) < 4.78 is 5.38. The molecule has 0 aromatic carbocycles. The molecule has 0 aliphatic carbocycles. The summed E-state index contributed by atoms with van der Waals surface area (Å²) in [5.41, 5.74) is 0. The minimum atomic E-state index is 0.692. The van der Waals surface area contributed by atoms with E-state index in [4.69, 9.17) is 4.74 Å². The summed E-state index contributed by atoms with van der Waals surface area (Å²) in [5, 5.41) is 0. The number of ether oxygens (including phenoxy) is 1. The molecule has 0 saturated carbocycles. The second-order valence-corrected chi connectivity index (χ2v) is 3.59. The third-order valence-corrected chi connectivity index (χ3v) is 3.14. The summed E-state index contributed by atoms with van der Waals surface area (Å²) >= 11 is 0. The average Bonchev–Trinajstić information content (AvgIpc) is 1.67. The molecule has 7 heavy (non-hydrogen) atoms. The highest BCUT2D eigenvalue weighted by Crippen LogP contribution is 2.36. The fourth-order valence-electron chi connectivity index (χ4n) is 1.22. The molecule has 3 aliphatic heterocycles. The van der Waals surface area contributed by atoms with Crippen molar-refractivity contribution in [2.24, 2.45) is 0 Å². The fourth-order valence-corrected chi connectivity index (χ4v) is 2.56. The van der Waals surface area contributed by atoms with Gasteiger partial charge in [-0.1, -0.05) is 0 Å². The molecule has 2 unspecified atom stereocenters. The zero-order valence-corrected chi connectivity index (χ0v) is 5.18. The van der Waals surface area contributed by atoms with Crippen molar-refractivity contribution in [2.45, 2.75) is 18.6 Å². The van der Waals surface area contributed by atoms with Gasteiger partial charge in [-0.3, -0.25) is 0 Å². The van der Waals surface area contributed by atoms with Gasteiger partial charge in [0.05, 0.1) is 12.2 Å². The Bertz CT molecular complexity index is 64.6. The topological polar surface area (TPSA) is 9.23 Å². The van der Waals surface area contributed by atoms with Gasteiger partial charge < -0.3 is 4.74 Å². The highest BCUT2D eigenvalue weighted by Gasteiger charge is 2.33. The summed E-state index contributed by atoms with van der Waals surface area (Å²) in [5.74, 6) is 0. The van der Waals surface area contributed by atoms with E-state index in [1.165, 1.54) is 27.3 Å². The molecule has 0 N–H and O–H groups in total. The number of hydrogen-bond acceptors (Lipinski definition) is 1. The maximum absolute atomic E-state index is 5.38. The molecule has 0 spiro atoms. The number of fused-ring (bicyclic) bond motifs is 2. The minimum absolute atomic E-state index is 0.692. The van der Waals surface area contributed by atoms with Crippen molar-refractivity contribution in [3.05, 3.63) is 0 Å². The van der Waals surface area contributed by atoms with Crippen LogP contribution >= 0.6 is 8.58 Å². The van der Waals surface area contributed by atoms with Crippen LogP contribution in [0, 0.1) is 0 Å². The highest BCUT2D eigenvalue weighted by molar-refractivity contribution is 7.38. The van der Waals surface area contributed by atoms with Crippen molar-refractivity contribution in [2.75, 3.05) is 12.3 Å². The minimum Gasteiger partial charge on any atom is -0.374 e. The molecule has 2 bridgehead atoms. The zero-order valence-electron chi connectivity index (χ0n) is 4.18. The van der Waals surface area contributed by atoms with Crippen LogP contribution in [-0.4, -0.2) is 24.5 Å². The van der Waals surface area contributed by atoms with Crippen LogP contribution in [0.1, 0.15) is 6.42 Å². The van der Waals surface area contributed by atoms with Gasteiger partial charge in [-0.15, -0.1) is 8.58 Å². The van der Waals surface area contributed by atoms with E-state index < -0.39 is 0 Å². The van der Waals surface area contributed by atoms with Crippen LogP contribution < -0.4 is 0 Å². The predicted molar refractivity (Wildman–Crippen MR) is 31.3 cm³/mol. The van der Waals surface area contributed by atoms with Gasteiger partial charge in [-0.2, -0.15) is 0 Å². The van der Waals surface area contributed by atoms with Gasteiger partial charge in [-0.25, -0.2) is 0 Å². The quantitative estimate of drug-likeness (QED) is 0.426. The van der Waals surface area contributed by atoms with Gasteiger partial charge in [0, 0.05) is 6.42 Å². The maximum Gasteiger partial charge on any atom is 0.0640 e. The van der Waals surface area contributed by atoms with E-state index >= 15 is 0 Å². The van der Waals surface area contributed by atoms with Crippen LogP contribution in [0.3, 0.4) is 0 Å². The highest BCUT2D eigenvalue weighted by atomic mass is 31.1. The Labute approximate surface area is 45.2 Å². The molecule has 3 rings (SSSR count). The van der Waals surface area contributed by atoms with Crippen LogP contribution in [0.25, 0.3) is 0 Å². The average molecular weight is 116 g/mol. The summed E-state index contributed by atoms with van der Waals surface area (Å²) in [7, 11) is 1.21. The molecule has 0 radical (unpaired) electrons. The van der Waals surface area contributed by atoms with Crippen molar-refractivity contribution in [1.29, 1.82) is 0 Å². The van der Waals surface area contributed by atoms with Crippen LogP contribution in [0.5, 0.6) is 0 Å². The largest absolute Gasteiger partial charge is 0.374 e. The molecular weight excluding hydrogens is 107 g/mol. The molecule has 3 aliphatic rings. The van der Waals surface area contributed by atoms with Gasteiger partial charge in [0.2, 0.25) is 0 Å². The van der Waals surface area contributed by atoms with Crippen LogP contribution in [0.4, 0.5) is 0 Å². The lowest BCUT2D eigenvalue weighted by molar-refractivity contribution is -0.104. The van der Waals surface area contributed by atoms with E-state index in [1.54, 1.807) is 0 Å². The Morgan fingerprint density at radius 2 is 1.86 bits per heavy atom. The van der Waals surface area contributed by atoms with Crippen molar-refractivity contribution >= 4 is 8.58 Å². The van der Waals surface area contributed by atoms with Crippen LogP contribution in [-0.2, 0) is 4.74 Å². The van der Waals surface area contributed by atoms with Crippen LogP contribution in [0.2, 0.25) is 0 Å². The summed E-state index contributed by atoms with van der Waals surface area (Å²) in [4.78, 5) is 0. The molecule has 40 valence electrons. The lowest BCUT2D eigenvalue weighted by atomic mass is 10.1. The molecule has 0 aromatic heterocycles. The molecule has 3 fully saturated rings. The molecular formula is C5H9OP. The summed E-state index contributed by atoms with van der Waals surface area (Å²) in [6, 6.07) is 0. The Morgan fingerprint density at radius 1 is 1.29 bits per heavy atom. The first-order valence-electron chi connectivity index (χ1n) is 2.81. The van der Waals surface area contributed by atoms with Gasteiger partial charge >= 0.3 is 0 Å². The van der Waals surface area contributed by atoms with Gasteiger partial charge in [-0.05, 0) is 12.3 Å². The molecule has 0 aromatic rings. The molecule has 1 nitrogen and oxygen atoms in total. The lowest BCUT2D eigenvalue weighted by Gasteiger charge is -2.41. The van der Waals surface area contributed by atoms with Crippen molar-refractivity contribution in [3.8, 4) is 0 Å². The van der Waals surface area contributed by atoms with E-state index in [9.17, 15) is 0 Å². The smallest absolute Gasteiger partial charge is 0.0640 e. The fraction of sp³-hybridized carbons (Fsp3) is 1.00. The first kappa shape index (κ1) is 4.29. The SMILES string of the molecule is C1PCC2CC1O2. The third-order valence-electron chi connectivity index (χ3n) is 1.65. The van der Waals surface area contributed by atoms with E-state index in [-0.39, 0.29) is 0 Å². The lowest BCUT2D eigenvalue weighted by Crippen LogP contribution is -2.44. The number of rotatable bonds is 0. The zero-order chi connectivity index (χ0) is 4.69. The first-order chi connectivity index (χ1) is 3.45. The Kier molecular flexibility index (Phi) is 0.876. The molecule has 0 amide bonds. The molecule has 2 atom stereocenters. The van der Waals surface area contributed by atoms with E-state index in [2.05, 4.69) is 0 Å². The van der Waals surface area contributed by atoms with Crippen LogP contribution in [0.15, 0.2) is 0 Å². The second kappa shape index (κ2) is 1.43. The maximum atomic E-state index is 5.38. The van der Waals surface area contributed by atoms with Crippen molar-refractivity contribution < 1.29 is 4.74 Å². The Hall–Kier alpha value is 0.390. The normalized spacial score (nSPS) is 51.4.